The van der Waals surface area contributed by atoms with Crippen LogP contribution in [0.15, 0.2) is 76.6 Å². The van der Waals surface area contributed by atoms with Crippen molar-refractivity contribution in [2.75, 3.05) is 6.61 Å². The summed E-state index contributed by atoms with van der Waals surface area (Å²) in [5, 5.41) is 17.4. The van der Waals surface area contributed by atoms with Gasteiger partial charge in [0.15, 0.2) is 12.8 Å². The van der Waals surface area contributed by atoms with Crippen LogP contribution >= 0.6 is 0 Å². The Bertz CT molecular complexity index is 1090. The number of ether oxygens (including phenoxy) is 1. The van der Waals surface area contributed by atoms with E-state index in [0.29, 0.717) is 16.9 Å². The van der Waals surface area contributed by atoms with E-state index in [1.165, 1.54) is 29.6 Å². The number of esters is 1. The van der Waals surface area contributed by atoms with Gasteiger partial charge in [0, 0.05) is 18.6 Å². The Morgan fingerprint density at radius 1 is 1.20 bits per heavy atom. The Morgan fingerprint density at radius 2 is 2.00 bits per heavy atom. The molecule has 3 heterocycles. The second kappa shape index (κ2) is 8.20. The lowest BCUT2D eigenvalue weighted by molar-refractivity contribution is -0.608. The van der Waals surface area contributed by atoms with E-state index >= 15 is 0 Å². The number of aromatic nitrogens is 1. The second-order valence-corrected chi connectivity index (χ2v) is 6.87. The topological polar surface area (TPSA) is 99.1 Å². The number of carbonyl (C=O) groups is 2. The quantitative estimate of drug-likeness (QED) is 0.369. The predicted octanol–water partition coefficient (Wildman–Crippen LogP) is 2.76. The molecule has 0 spiro atoms. The van der Waals surface area contributed by atoms with Crippen LogP contribution in [0.5, 0.6) is 0 Å². The van der Waals surface area contributed by atoms with Gasteiger partial charge in [-0.25, -0.2) is 9.80 Å². The smallest absolute Gasteiger partial charge is 0.405 e. The van der Waals surface area contributed by atoms with Gasteiger partial charge in [-0.3, -0.25) is 4.79 Å². The van der Waals surface area contributed by atoms with Crippen LogP contribution in [-0.4, -0.2) is 29.2 Å². The van der Waals surface area contributed by atoms with Crippen LogP contribution < -0.4 is 4.73 Å². The Hall–Kier alpha value is -3.94. The first-order valence-electron chi connectivity index (χ1n) is 9.38. The van der Waals surface area contributed by atoms with Gasteiger partial charge in [0.2, 0.25) is 0 Å². The summed E-state index contributed by atoms with van der Waals surface area (Å²) < 4.78 is 10.9. The average molecular weight is 405 g/mol. The standard InChI is InChI=1S/C22H19N3O5/c1-15-7-9-16(10-8-15)17-13-19(20-6-4-12-29-20)25(23-17)21(26)14-30-22(27)18-5-2-3-11-24(18)28/h2-12,19H,13-14H2,1H3/t19-/m0/s1. The number of hydrogen-bond donors (Lipinski definition) is 0. The lowest BCUT2D eigenvalue weighted by atomic mass is 10.0. The summed E-state index contributed by atoms with van der Waals surface area (Å²) in [5.41, 5.74) is 2.56. The number of rotatable bonds is 5. The Balaban J connectivity index is 1.52. The summed E-state index contributed by atoms with van der Waals surface area (Å²) in [5.74, 6) is -0.809. The molecule has 8 nitrogen and oxygen atoms in total. The van der Waals surface area contributed by atoms with Crippen molar-refractivity contribution in [2.24, 2.45) is 5.10 Å². The molecule has 0 bridgehead atoms. The number of hydrazone groups is 1. The zero-order valence-electron chi connectivity index (χ0n) is 16.2. The monoisotopic (exact) mass is 405 g/mol. The highest BCUT2D eigenvalue weighted by atomic mass is 16.5. The zero-order chi connectivity index (χ0) is 21.1. The van der Waals surface area contributed by atoms with Gasteiger partial charge in [-0.15, -0.1) is 0 Å². The SMILES string of the molecule is Cc1ccc(C2=NN(C(=O)COC(=O)c3cccc[n+]3[O-])[C@H](c3ccco3)C2)cc1. The van der Waals surface area contributed by atoms with Crippen molar-refractivity contribution in [3.05, 3.63) is 94.8 Å². The lowest BCUT2D eigenvalue weighted by Crippen LogP contribution is -2.36. The van der Waals surface area contributed by atoms with E-state index in [4.69, 9.17) is 9.15 Å². The molecule has 1 amide bonds. The van der Waals surface area contributed by atoms with E-state index in [0.717, 1.165) is 16.8 Å². The van der Waals surface area contributed by atoms with E-state index in [-0.39, 0.29) is 5.69 Å². The minimum absolute atomic E-state index is 0.196. The fraction of sp³-hybridized carbons (Fsp3) is 0.182. The van der Waals surface area contributed by atoms with Crippen LogP contribution in [0, 0.1) is 12.1 Å². The highest BCUT2D eigenvalue weighted by Gasteiger charge is 2.35. The van der Waals surface area contributed by atoms with Crippen molar-refractivity contribution in [2.45, 2.75) is 19.4 Å². The van der Waals surface area contributed by atoms with E-state index in [1.807, 2.05) is 31.2 Å². The predicted molar refractivity (Wildman–Crippen MR) is 106 cm³/mol. The van der Waals surface area contributed by atoms with E-state index in [1.54, 1.807) is 18.2 Å². The highest BCUT2D eigenvalue weighted by Crippen LogP contribution is 2.33. The molecule has 0 fully saturated rings. The van der Waals surface area contributed by atoms with Gasteiger partial charge in [0.05, 0.1) is 12.0 Å². The third-order valence-corrected chi connectivity index (χ3v) is 4.78. The van der Waals surface area contributed by atoms with Crippen LogP contribution in [0.1, 0.15) is 39.8 Å². The molecule has 0 saturated carbocycles. The summed E-state index contributed by atoms with van der Waals surface area (Å²) in [7, 11) is 0. The van der Waals surface area contributed by atoms with Crippen molar-refractivity contribution in [3.63, 3.8) is 0 Å². The molecule has 1 aromatic carbocycles. The van der Waals surface area contributed by atoms with Crippen LogP contribution in [0.25, 0.3) is 0 Å². The molecular formula is C22H19N3O5. The van der Waals surface area contributed by atoms with Crippen LogP contribution in [0.3, 0.4) is 0 Å². The summed E-state index contributed by atoms with van der Waals surface area (Å²) in [6.07, 6.45) is 3.18. The van der Waals surface area contributed by atoms with Crippen LogP contribution in [0.2, 0.25) is 0 Å². The Labute approximate surface area is 172 Å². The minimum Gasteiger partial charge on any atom is -0.618 e. The van der Waals surface area contributed by atoms with Gasteiger partial charge in [-0.2, -0.15) is 9.83 Å². The average Bonchev–Trinajstić information content (AvgIpc) is 3.42. The summed E-state index contributed by atoms with van der Waals surface area (Å²) in [6, 6.07) is 15.3. The largest absolute Gasteiger partial charge is 0.618 e. The van der Waals surface area contributed by atoms with Crippen LogP contribution in [-0.2, 0) is 9.53 Å². The molecule has 1 aliphatic rings. The zero-order valence-corrected chi connectivity index (χ0v) is 16.2. The molecule has 3 aromatic rings. The number of benzene rings is 1. The number of furan rings is 1. The van der Waals surface area contributed by atoms with Gasteiger partial charge in [0.25, 0.3) is 5.91 Å². The molecule has 0 radical (unpaired) electrons. The molecule has 0 saturated heterocycles. The number of hydrogen-bond acceptors (Lipinski definition) is 6. The molecule has 30 heavy (non-hydrogen) atoms. The lowest BCUT2D eigenvalue weighted by Gasteiger charge is -2.19. The Morgan fingerprint density at radius 3 is 2.70 bits per heavy atom. The molecule has 8 heteroatoms. The fourth-order valence-corrected chi connectivity index (χ4v) is 3.22. The molecule has 0 aliphatic carbocycles. The highest BCUT2D eigenvalue weighted by molar-refractivity contribution is 6.03. The van der Waals surface area contributed by atoms with E-state index in [2.05, 4.69) is 5.10 Å². The summed E-state index contributed by atoms with van der Waals surface area (Å²) in [6.45, 7) is 1.45. The van der Waals surface area contributed by atoms with E-state index < -0.39 is 24.5 Å². The first-order chi connectivity index (χ1) is 14.5. The third-order valence-electron chi connectivity index (χ3n) is 4.78. The first kappa shape index (κ1) is 19.4. The molecular weight excluding hydrogens is 386 g/mol. The maximum Gasteiger partial charge on any atom is 0.405 e. The van der Waals surface area contributed by atoms with Crippen molar-refractivity contribution in [1.82, 2.24) is 5.01 Å². The van der Waals surface area contributed by atoms with Crippen molar-refractivity contribution in [1.29, 1.82) is 0 Å². The molecule has 1 aliphatic heterocycles. The maximum atomic E-state index is 12.8. The molecule has 0 unspecified atom stereocenters. The normalized spacial score (nSPS) is 15.7. The molecule has 0 N–H and O–H groups in total. The van der Waals surface area contributed by atoms with Gasteiger partial charge < -0.3 is 14.4 Å². The second-order valence-electron chi connectivity index (χ2n) is 6.87. The Kier molecular flexibility index (Phi) is 5.30. The van der Waals surface area contributed by atoms with Gasteiger partial charge in [-0.05, 0) is 30.7 Å². The number of amides is 1. The van der Waals surface area contributed by atoms with Gasteiger partial charge >= 0.3 is 11.7 Å². The van der Waals surface area contributed by atoms with Gasteiger partial charge in [-0.1, -0.05) is 29.8 Å². The third kappa shape index (κ3) is 3.93. The number of aryl methyl sites for hydroxylation is 1. The van der Waals surface area contributed by atoms with E-state index in [9.17, 15) is 14.8 Å². The first-order valence-corrected chi connectivity index (χ1v) is 9.38. The molecule has 2 aromatic heterocycles. The van der Waals surface area contributed by atoms with Crippen molar-refractivity contribution >= 4 is 17.6 Å². The molecule has 4 rings (SSSR count). The maximum absolute atomic E-state index is 12.8. The molecule has 152 valence electrons. The number of nitrogens with zero attached hydrogens (tertiary/aromatic N) is 3. The fourth-order valence-electron chi connectivity index (χ4n) is 3.22. The van der Waals surface area contributed by atoms with Crippen molar-refractivity contribution < 1.29 is 23.5 Å². The summed E-state index contributed by atoms with van der Waals surface area (Å²) in [4.78, 5) is 25.0. The summed E-state index contributed by atoms with van der Waals surface area (Å²) >= 11 is 0. The minimum atomic E-state index is -0.879. The van der Waals surface area contributed by atoms with Crippen LogP contribution in [0.4, 0.5) is 0 Å². The molecule has 1 atom stereocenters. The van der Waals surface area contributed by atoms with Gasteiger partial charge in [0.1, 0.15) is 11.8 Å². The van der Waals surface area contributed by atoms with Crippen molar-refractivity contribution in [3.8, 4) is 0 Å². The number of pyridine rings is 1. The number of carbonyl (C=O) groups excluding carboxylic acids is 2.